The second-order valence-electron chi connectivity index (χ2n) is 6.65. The lowest BCUT2D eigenvalue weighted by molar-refractivity contribution is 0.283. The summed E-state index contributed by atoms with van der Waals surface area (Å²) in [6, 6.07) is 6.50. The molecule has 0 fully saturated rings. The maximum Gasteiger partial charge on any atom is 0.0755 e. The molecule has 0 unspecified atom stereocenters. The van der Waals surface area contributed by atoms with Crippen LogP contribution in [0.2, 0.25) is 0 Å². The topological polar surface area (TPSA) is 45.1 Å². The summed E-state index contributed by atoms with van der Waals surface area (Å²) < 4.78 is 0. The molecule has 0 saturated carbocycles. The molecular weight excluding hydrogens is 284 g/mol. The SMILES string of the molecule is Cc1cccc2c(NCCCCCCO)c3c(nc12)CCCC3. The molecule has 2 N–H and O–H groups in total. The van der Waals surface area contributed by atoms with Gasteiger partial charge in [-0.3, -0.25) is 4.98 Å². The van der Waals surface area contributed by atoms with E-state index in [1.807, 2.05) is 0 Å². The van der Waals surface area contributed by atoms with Gasteiger partial charge in [0.1, 0.15) is 0 Å². The highest BCUT2D eigenvalue weighted by Gasteiger charge is 2.18. The first-order chi connectivity index (χ1) is 11.3. The first kappa shape index (κ1) is 16.3. The quantitative estimate of drug-likeness (QED) is 0.745. The number of aryl methyl sites for hydroxylation is 2. The third-order valence-electron chi connectivity index (χ3n) is 4.88. The molecule has 0 atom stereocenters. The zero-order valence-electron chi connectivity index (χ0n) is 14.2. The minimum atomic E-state index is 0.315. The van der Waals surface area contributed by atoms with Crippen molar-refractivity contribution in [3.05, 3.63) is 35.0 Å². The monoisotopic (exact) mass is 312 g/mol. The van der Waals surface area contributed by atoms with E-state index in [1.165, 1.54) is 47.2 Å². The maximum atomic E-state index is 8.85. The number of benzene rings is 1. The number of anilines is 1. The molecule has 3 heteroatoms. The van der Waals surface area contributed by atoms with Gasteiger partial charge in [-0.1, -0.05) is 31.0 Å². The standard InChI is InChI=1S/C20H28N2O/c1-15-9-8-11-17-19(15)22-18-12-5-4-10-16(18)20(17)21-13-6-2-3-7-14-23/h8-9,11,23H,2-7,10,12-14H2,1H3,(H,21,22). The van der Waals surface area contributed by atoms with E-state index in [0.29, 0.717) is 6.61 Å². The number of aliphatic hydroxyl groups excluding tert-OH is 1. The van der Waals surface area contributed by atoms with Crippen LogP contribution in [0.3, 0.4) is 0 Å². The zero-order valence-corrected chi connectivity index (χ0v) is 14.2. The molecule has 0 spiro atoms. The fourth-order valence-corrected chi connectivity index (χ4v) is 3.59. The summed E-state index contributed by atoms with van der Waals surface area (Å²) in [6.45, 7) is 3.48. The Labute approximate surface area is 139 Å². The van der Waals surface area contributed by atoms with Crippen LogP contribution in [-0.4, -0.2) is 23.2 Å². The van der Waals surface area contributed by atoms with Crippen LogP contribution < -0.4 is 5.32 Å². The van der Waals surface area contributed by atoms with E-state index in [9.17, 15) is 0 Å². The molecule has 1 aromatic carbocycles. The Morgan fingerprint density at radius 1 is 1.09 bits per heavy atom. The van der Waals surface area contributed by atoms with Gasteiger partial charge in [0.25, 0.3) is 0 Å². The Hall–Kier alpha value is -1.61. The summed E-state index contributed by atoms with van der Waals surface area (Å²) in [4.78, 5) is 4.98. The van der Waals surface area contributed by atoms with E-state index in [1.54, 1.807) is 0 Å². The molecule has 23 heavy (non-hydrogen) atoms. The van der Waals surface area contributed by atoms with Gasteiger partial charge >= 0.3 is 0 Å². The van der Waals surface area contributed by atoms with Crippen LogP contribution in [0.4, 0.5) is 5.69 Å². The van der Waals surface area contributed by atoms with Crippen LogP contribution in [0.5, 0.6) is 0 Å². The van der Waals surface area contributed by atoms with Crippen molar-refractivity contribution in [1.82, 2.24) is 4.98 Å². The Bertz CT molecular complexity index is 666. The summed E-state index contributed by atoms with van der Waals surface area (Å²) in [5.41, 5.74) is 6.51. The smallest absolute Gasteiger partial charge is 0.0755 e. The predicted octanol–water partition coefficient (Wildman–Crippen LogP) is 4.39. The second-order valence-corrected chi connectivity index (χ2v) is 6.65. The summed E-state index contributed by atoms with van der Waals surface area (Å²) >= 11 is 0. The van der Waals surface area contributed by atoms with Crippen molar-refractivity contribution in [2.45, 2.75) is 58.3 Å². The number of aromatic nitrogens is 1. The van der Waals surface area contributed by atoms with Crippen molar-refractivity contribution in [3.8, 4) is 0 Å². The van der Waals surface area contributed by atoms with Crippen molar-refractivity contribution >= 4 is 16.6 Å². The van der Waals surface area contributed by atoms with E-state index in [2.05, 4.69) is 30.4 Å². The molecule has 0 aliphatic heterocycles. The van der Waals surface area contributed by atoms with Gasteiger partial charge in [-0.15, -0.1) is 0 Å². The predicted molar refractivity (Wildman–Crippen MR) is 97.2 cm³/mol. The molecule has 2 aromatic rings. The molecule has 0 bridgehead atoms. The lowest BCUT2D eigenvalue weighted by Crippen LogP contribution is -2.12. The van der Waals surface area contributed by atoms with Crippen molar-refractivity contribution in [2.75, 3.05) is 18.5 Å². The maximum absolute atomic E-state index is 8.85. The minimum absolute atomic E-state index is 0.315. The number of fused-ring (bicyclic) bond motifs is 2. The van der Waals surface area contributed by atoms with Gasteiger partial charge in [0, 0.05) is 29.9 Å². The highest BCUT2D eigenvalue weighted by atomic mass is 16.2. The summed E-state index contributed by atoms with van der Waals surface area (Å²) in [5, 5.41) is 13.9. The van der Waals surface area contributed by atoms with Gasteiger partial charge < -0.3 is 10.4 Å². The van der Waals surface area contributed by atoms with Crippen molar-refractivity contribution in [1.29, 1.82) is 0 Å². The van der Waals surface area contributed by atoms with E-state index >= 15 is 0 Å². The third kappa shape index (κ3) is 3.66. The fraction of sp³-hybridized carbons (Fsp3) is 0.550. The lowest BCUT2D eigenvalue weighted by Gasteiger charge is -2.22. The summed E-state index contributed by atoms with van der Waals surface area (Å²) in [6.07, 6.45) is 9.18. The number of hydrogen-bond donors (Lipinski definition) is 2. The van der Waals surface area contributed by atoms with Gasteiger partial charge in [0.05, 0.1) is 5.52 Å². The van der Waals surface area contributed by atoms with Crippen molar-refractivity contribution in [2.24, 2.45) is 0 Å². The lowest BCUT2D eigenvalue weighted by atomic mass is 9.92. The minimum Gasteiger partial charge on any atom is -0.396 e. The van der Waals surface area contributed by atoms with Gasteiger partial charge in [0.2, 0.25) is 0 Å². The number of pyridine rings is 1. The molecule has 0 amide bonds. The number of nitrogens with one attached hydrogen (secondary N) is 1. The van der Waals surface area contributed by atoms with E-state index in [0.717, 1.165) is 44.2 Å². The Balaban J connectivity index is 1.83. The van der Waals surface area contributed by atoms with Gasteiger partial charge in [-0.25, -0.2) is 0 Å². The van der Waals surface area contributed by atoms with Gasteiger partial charge in [-0.2, -0.15) is 0 Å². The molecule has 1 aliphatic carbocycles. The number of unbranched alkanes of at least 4 members (excludes halogenated alkanes) is 3. The third-order valence-corrected chi connectivity index (χ3v) is 4.88. The molecule has 0 radical (unpaired) electrons. The van der Waals surface area contributed by atoms with Gasteiger partial charge in [-0.05, 0) is 56.6 Å². The molecule has 1 heterocycles. The first-order valence-corrected chi connectivity index (χ1v) is 9.07. The summed E-state index contributed by atoms with van der Waals surface area (Å²) in [7, 11) is 0. The number of nitrogens with zero attached hydrogens (tertiary/aromatic N) is 1. The Kier molecular flexibility index (Phi) is 5.50. The molecule has 124 valence electrons. The molecular formula is C20H28N2O. The van der Waals surface area contributed by atoms with E-state index < -0.39 is 0 Å². The van der Waals surface area contributed by atoms with Crippen LogP contribution in [0.15, 0.2) is 18.2 Å². The van der Waals surface area contributed by atoms with Crippen LogP contribution in [0.25, 0.3) is 10.9 Å². The highest BCUT2D eigenvalue weighted by Crippen LogP contribution is 2.34. The van der Waals surface area contributed by atoms with E-state index in [4.69, 9.17) is 10.1 Å². The van der Waals surface area contributed by atoms with Gasteiger partial charge in [0.15, 0.2) is 0 Å². The molecule has 3 nitrogen and oxygen atoms in total. The molecule has 3 rings (SSSR count). The average molecular weight is 312 g/mol. The number of para-hydroxylation sites is 1. The first-order valence-electron chi connectivity index (χ1n) is 9.07. The van der Waals surface area contributed by atoms with Crippen LogP contribution in [0.1, 0.15) is 55.3 Å². The highest BCUT2D eigenvalue weighted by molar-refractivity contribution is 5.95. The number of aliphatic hydroxyl groups is 1. The normalized spacial score (nSPS) is 14.0. The molecule has 1 aliphatic rings. The van der Waals surface area contributed by atoms with Crippen LogP contribution in [0, 0.1) is 6.92 Å². The van der Waals surface area contributed by atoms with Crippen LogP contribution in [-0.2, 0) is 12.8 Å². The molecule has 1 aromatic heterocycles. The summed E-state index contributed by atoms with van der Waals surface area (Å²) in [5.74, 6) is 0. The average Bonchev–Trinajstić information content (AvgIpc) is 2.58. The molecule has 0 saturated heterocycles. The number of hydrogen-bond acceptors (Lipinski definition) is 3. The van der Waals surface area contributed by atoms with Crippen molar-refractivity contribution in [3.63, 3.8) is 0 Å². The van der Waals surface area contributed by atoms with E-state index in [-0.39, 0.29) is 0 Å². The Morgan fingerprint density at radius 2 is 1.91 bits per heavy atom. The van der Waals surface area contributed by atoms with Crippen LogP contribution >= 0.6 is 0 Å². The largest absolute Gasteiger partial charge is 0.396 e. The van der Waals surface area contributed by atoms with Crippen molar-refractivity contribution < 1.29 is 5.11 Å². The number of rotatable bonds is 7. The zero-order chi connectivity index (χ0) is 16.1. The fourth-order valence-electron chi connectivity index (χ4n) is 3.59. The second kappa shape index (κ2) is 7.78. The Morgan fingerprint density at radius 3 is 2.78 bits per heavy atom.